The standard InChI is InChI=1S/C24H42.Na.H/c1-3-4-5-6-7-8-9-10-11-12-13-14-15-16-17-21-24-22-19-18-20-23(24)2;;/h18-20,22H,3-17,21H2,1-2H3;;. The van der Waals surface area contributed by atoms with Gasteiger partial charge in [-0.15, -0.1) is 0 Å². The Morgan fingerprint density at radius 1 is 0.560 bits per heavy atom. The zero-order chi connectivity index (χ0) is 17.3. The molecule has 0 heterocycles. The molecule has 0 aliphatic heterocycles. The summed E-state index contributed by atoms with van der Waals surface area (Å²) < 4.78 is 0. The van der Waals surface area contributed by atoms with Crippen molar-refractivity contribution >= 4 is 29.6 Å². The van der Waals surface area contributed by atoms with Gasteiger partial charge in [-0.25, -0.2) is 0 Å². The van der Waals surface area contributed by atoms with Crippen molar-refractivity contribution in [2.24, 2.45) is 0 Å². The summed E-state index contributed by atoms with van der Waals surface area (Å²) >= 11 is 0. The van der Waals surface area contributed by atoms with Crippen molar-refractivity contribution in [3.63, 3.8) is 0 Å². The van der Waals surface area contributed by atoms with E-state index >= 15 is 0 Å². The van der Waals surface area contributed by atoms with Crippen LogP contribution < -0.4 is 0 Å². The second kappa shape index (κ2) is 19.0. The summed E-state index contributed by atoms with van der Waals surface area (Å²) in [6.07, 6.45) is 22.9. The molecule has 0 saturated carbocycles. The van der Waals surface area contributed by atoms with Crippen LogP contribution in [0.4, 0.5) is 0 Å². The topological polar surface area (TPSA) is 0 Å². The summed E-state index contributed by atoms with van der Waals surface area (Å²) in [4.78, 5) is 0. The van der Waals surface area contributed by atoms with Crippen LogP contribution in [0.5, 0.6) is 0 Å². The van der Waals surface area contributed by atoms with Crippen molar-refractivity contribution in [3.05, 3.63) is 35.4 Å². The molecule has 140 valence electrons. The van der Waals surface area contributed by atoms with Crippen molar-refractivity contribution in [1.29, 1.82) is 0 Å². The van der Waals surface area contributed by atoms with E-state index in [1.54, 1.807) is 5.56 Å². The molecule has 0 radical (unpaired) electrons. The molecule has 1 heteroatoms. The molecule has 1 rings (SSSR count). The van der Waals surface area contributed by atoms with E-state index in [-0.39, 0.29) is 29.6 Å². The maximum absolute atomic E-state index is 2.30. The van der Waals surface area contributed by atoms with Crippen LogP contribution >= 0.6 is 0 Å². The van der Waals surface area contributed by atoms with Gasteiger partial charge < -0.3 is 0 Å². The minimum atomic E-state index is 0. The van der Waals surface area contributed by atoms with E-state index in [0.717, 1.165) is 0 Å². The number of aryl methyl sites for hydroxylation is 2. The van der Waals surface area contributed by atoms with E-state index < -0.39 is 0 Å². The van der Waals surface area contributed by atoms with Crippen molar-refractivity contribution in [1.82, 2.24) is 0 Å². The fourth-order valence-electron chi connectivity index (χ4n) is 3.58. The number of hydrogen-bond donors (Lipinski definition) is 0. The van der Waals surface area contributed by atoms with Crippen LogP contribution in [0.2, 0.25) is 0 Å². The molecule has 0 aliphatic rings. The number of benzene rings is 1. The Kier molecular flexibility index (Phi) is 19.2. The Balaban J connectivity index is 0.00000576. The molecule has 1 aromatic rings. The summed E-state index contributed by atoms with van der Waals surface area (Å²) in [5.41, 5.74) is 3.01. The summed E-state index contributed by atoms with van der Waals surface area (Å²) in [7, 11) is 0. The maximum atomic E-state index is 2.30. The molecule has 0 aromatic heterocycles. The average molecular weight is 355 g/mol. The van der Waals surface area contributed by atoms with Crippen LogP contribution in [0.3, 0.4) is 0 Å². The predicted molar refractivity (Wildman–Crippen MR) is 117 cm³/mol. The molecule has 0 spiro atoms. The van der Waals surface area contributed by atoms with Gasteiger partial charge in [0, 0.05) is 0 Å². The van der Waals surface area contributed by atoms with Crippen LogP contribution in [0.15, 0.2) is 24.3 Å². The monoisotopic (exact) mass is 354 g/mol. The first-order chi connectivity index (χ1) is 11.8. The molecule has 0 amide bonds. The van der Waals surface area contributed by atoms with Gasteiger partial charge in [0.15, 0.2) is 0 Å². The average Bonchev–Trinajstić information content (AvgIpc) is 2.60. The first kappa shape index (κ1) is 25.2. The Morgan fingerprint density at radius 2 is 0.960 bits per heavy atom. The Hall–Kier alpha value is 0.220. The van der Waals surface area contributed by atoms with E-state index in [1.165, 1.54) is 108 Å². The summed E-state index contributed by atoms with van der Waals surface area (Å²) in [5, 5.41) is 0. The van der Waals surface area contributed by atoms with Crippen LogP contribution in [0, 0.1) is 6.92 Å². The van der Waals surface area contributed by atoms with Gasteiger partial charge in [-0.05, 0) is 30.9 Å². The van der Waals surface area contributed by atoms with E-state index in [1.807, 2.05) is 0 Å². The van der Waals surface area contributed by atoms with E-state index in [2.05, 4.69) is 38.1 Å². The van der Waals surface area contributed by atoms with Gasteiger partial charge in [0.25, 0.3) is 0 Å². The van der Waals surface area contributed by atoms with Gasteiger partial charge >= 0.3 is 29.6 Å². The molecule has 0 bridgehead atoms. The molecule has 25 heavy (non-hydrogen) atoms. The van der Waals surface area contributed by atoms with Crippen LogP contribution in [0.25, 0.3) is 0 Å². The molecular weight excluding hydrogens is 311 g/mol. The summed E-state index contributed by atoms with van der Waals surface area (Å²) in [5.74, 6) is 0. The van der Waals surface area contributed by atoms with Crippen molar-refractivity contribution in [2.75, 3.05) is 0 Å². The quantitative estimate of drug-likeness (QED) is 0.210. The number of hydrogen-bond acceptors (Lipinski definition) is 0. The van der Waals surface area contributed by atoms with Gasteiger partial charge in [0.1, 0.15) is 0 Å². The van der Waals surface area contributed by atoms with Crippen molar-refractivity contribution in [3.8, 4) is 0 Å². The molecule has 0 fully saturated rings. The van der Waals surface area contributed by atoms with Crippen molar-refractivity contribution < 1.29 is 0 Å². The Morgan fingerprint density at radius 3 is 1.40 bits per heavy atom. The third-order valence-corrected chi connectivity index (χ3v) is 5.31. The predicted octanol–water partition coefficient (Wildman–Crippen LogP) is 7.76. The molecule has 0 nitrogen and oxygen atoms in total. The molecule has 0 unspecified atom stereocenters. The zero-order valence-corrected chi connectivity index (χ0v) is 16.6. The molecule has 0 atom stereocenters. The zero-order valence-electron chi connectivity index (χ0n) is 16.6. The van der Waals surface area contributed by atoms with Gasteiger partial charge in [0.05, 0.1) is 0 Å². The number of rotatable bonds is 16. The summed E-state index contributed by atoms with van der Waals surface area (Å²) in [6.45, 7) is 4.53. The Bertz CT molecular complexity index is 385. The van der Waals surface area contributed by atoms with Crippen molar-refractivity contribution in [2.45, 2.75) is 117 Å². The SMILES string of the molecule is CCCCCCCCCCCCCCCCCc1ccccc1C.[NaH]. The second-order valence-electron chi connectivity index (χ2n) is 7.63. The minimum absolute atomic E-state index is 0. The van der Waals surface area contributed by atoms with E-state index in [9.17, 15) is 0 Å². The van der Waals surface area contributed by atoms with E-state index in [0.29, 0.717) is 0 Å². The number of unbranched alkanes of at least 4 members (excludes halogenated alkanes) is 14. The first-order valence-corrected chi connectivity index (χ1v) is 10.9. The molecule has 0 aliphatic carbocycles. The van der Waals surface area contributed by atoms with Gasteiger partial charge in [0.2, 0.25) is 0 Å². The normalized spacial score (nSPS) is 10.6. The van der Waals surface area contributed by atoms with Gasteiger partial charge in [-0.1, -0.05) is 121 Å². The molecule has 0 N–H and O–H groups in total. The van der Waals surface area contributed by atoms with Crippen LogP contribution in [0.1, 0.15) is 114 Å². The molecule has 0 saturated heterocycles. The van der Waals surface area contributed by atoms with E-state index in [4.69, 9.17) is 0 Å². The third kappa shape index (κ3) is 15.0. The molecule has 1 aromatic carbocycles. The fourth-order valence-corrected chi connectivity index (χ4v) is 3.58. The third-order valence-electron chi connectivity index (χ3n) is 5.31. The summed E-state index contributed by atoms with van der Waals surface area (Å²) in [6, 6.07) is 8.85. The fraction of sp³-hybridized carbons (Fsp3) is 0.750. The van der Waals surface area contributed by atoms with Gasteiger partial charge in [-0.2, -0.15) is 0 Å². The van der Waals surface area contributed by atoms with Gasteiger partial charge in [-0.3, -0.25) is 0 Å². The Labute approximate surface area is 180 Å². The molecular formula is C24H43Na. The second-order valence-corrected chi connectivity index (χ2v) is 7.63. The van der Waals surface area contributed by atoms with Crippen LogP contribution in [-0.4, -0.2) is 29.6 Å². The first-order valence-electron chi connectivity index (χ1n) is 10.9. The van der Waals surface area contributed by atoms with Crippen LogP contribution in [-0.2, 0) is 6.42 Å².